The highest BCUT2D eigenvalue weighted by molar-refractivity contribution is 7.80. The van der Waals surface area contributed by atoms with E-state index in [4.69, 9.17) is 12.2 Å². The minimum Gasteiger partial charge on any atom is -0.293 e. The molecule has 0 aliphatic carbocycles. The maximum Gasteiger partial charge on any atom is 0.175 e. The summed E-state index contributed by atoms with van der Waals surface area (Å²) in [7, 11) is 0. The van der Waals surface area contributed by atoms with E-state index in [1.54, 1.807) is 6.92 Å². The van der Waals surface area contributed by atoms with Crippen molar-refractivity contribution in [3.05, 3.63) is 35.9 Å². The van der Waals surface area contributed by atoms with Gasteiger partial charge in [0.1, 0.15) is 10.7 Å². The summed E-state index contributed by atoms with van der Waals surface area (Å²) in [6, 6.07) is 9.87. The second kappa shape index (κ2) is 6.12. The van der Waals surface area contributed by atoms with Crippen molar-refractivity contribution in [1.29, 1.82) is 0 Å². The molecular formula is C12H14N2OS. The van der Waals surface area contributed by atoms with Crippen LogP contribution in [0.3, 0.4) is 0 Å². The number of nitrogens with zero attached hydrogens (tertiary/aromatic N) is 1. The first kappa shape index (κ1) is 12.5. The van der Waals surface area contributed by atoms with Crippen molar-refractivity contribution in [1.82, 2.24) is 5.43 Å². The van der Waals surface area contributed by atoms with Gasteiger partial charge in [0.25, 0.3) is 0 Å². The van der Waals surface area contributed by atoms with Crippen molar-refractivity contribution < 1.29 is 4.79 Å². The minimum absolute atomic E-state index is 0.0602. The van der Waals surface area contributed by atoms with Gasteiger partial charge in [-0.25, -0.2) is 0 Å². The molecule has 84 valence electrons. The summed E-state index contributed by atoms with van der Waals surface area (Å²) >= 11 is 5.11. The Kier molecular flexibility index (Phi) is 4.79. The third kappa shape index (κ3) is 4.31. The molecule has 1 rings (SSSR count). The van der Waals surface area contributed by atoms with Gasteiger partial charge in [-0.05, 0) is 12.5 Å². The number of thiocarbonyl (C=S) groups is 1. The Morgan fingerprint density at radius 1 is 1.31 bits per heavy atom. The summed E-state index contributed by atoms with van der Waals surface area (Å²) in [4.78, 5) is 11.5. The van der Waals surface area contributed by atoms with Crippen LogP contribution < -0.4 is 5.43 Å². The zero-order chi connectivity index (χ0) is 12.0. The number of rotatable bonds is 4. The van der Waals surface area contributed by atoms with E-state index < -0.39 is 0 Å². The number of nitrogens with one attached hydrogen (secondary N) is 1. The predicted molar refractivity (Wildman–Crippen MR) is 69.7 cm³/mol. The largest absolute Gasteiger partial charge is 0.293 e. The van der Waals surface area contributed by atoms with Crippen LogP contribution >= 0.6 is 12.2 Å². The van der Waals surface area contributed by atoms with Crippen LogP contribution in [0.4, 0.5) is 0 Å². The highest BCUT2D eigenvalue weighted by Gasteiger charge is 2.00. The topological polar surface area (TPSA) is 41.5 Å². The maximum absolute atomic E-state index is 10.9. The number of carbonyl (C=O) groups is 1. The van der Waals surface area contributed by atoms with E-state index in [1.165, 1.54) is 6.92 Å². The van der Waals surface area contributed by atoms with Crippen LogP contribution in [0, 0.1) is 0 Å². The molecule has 16 heavy (non-hydrogen) atoms. The van der Waals surface area contributed by atoms with Gasteiger partial charge in [0.2, 0.25) is 0 Å². The molecule has 1 aromatic rings. The number of benzene rings is 1. The standard InChI is InChI=1S/C12H14N2OS/c1-9(10(2)15)13-14-12(16)8-11-6-4-3-5-7-11/h3-7H,8H2,1-2H3,(H,14,16)/b13-9-. The van der Waals surface area contributed by atoms with Crippen LogP contribution in [0.2, 0.25) is 0 Å². The molecule has 0 bridgehead atoms. The Balaban J connectivity index is 2.49. The molecule has 1 N–H and O–H groups in total. The van der Waals surface area contributed by atoms with Crippen LogP contribution in [-0.4, -0.2) is 16.5 Å². The Bertz CT molecular complexity index is 412. The molecule has 4 heteroatoms. The zero-order valence-electron chi connectivity index (χ0n) is 9.36. The summed E-state index contributed by atoms with van der Waals surface area (Å²) in [6.07, 6.45) is 0.630. The fraction of sp³-hybridized carbons (Fsp3) is 0.250. The molecule has 0 heterocycles. The molecule has 0 aromatic heterocycles. The summed E-state index contributed by atoms with van der Waals surface area (Å²) in [5.74, 6) is -0.0602. The first-order chi connectivity index (χ1) is 7.59. The fourth-order valence-electron chi connectivity index (χ4n) is 1.05. The number of ketones is 1. The van der Waals surface area contributed by atoms with Crippen LogP contribution in [0.1, 0.15) is 19.4 Å². The molecule has 3 nitrogen and oxygen atoms in total. The van der Waals surface area contributed by atoms with Gasteiger partial charge in [0.05, 0.1) is 0 Å². The molecule has 0 aliphatic heterocycles. The molecule has 0 saturated carbocycles. The van der Waals surface area contributed by atoms with Crippen molar-refractivity contribution in [3.63, 3.8) is 0 Å². The van der Waals surface area contributed by atoms with E-state index in [1.807, 2.05) is 30.3 Å². The molecule has 0 fully saturated rings. The quantitative estimate of drug-likeness (QED) is 0.493. The van der Waals surface area contributed by atoms with Gasteiger partial charge >= 0.3 is 0 Å². The average molecular weight is 234 g/mol. The molecule has 0 atom stereocenters. The van der Waals surface area contributed by atoms with E-state index in [2.05, 4.69) is 10.5 Å². The lowest BCUT2D eigenvalue weighted by atomic mass is 10.2. The highest BCUT2D eigenvalue weighted by Crippen LogP contribution is 1.99. The average Bonchev–Trinajstić information content (AvgIpc) is 2.27. The number of hydrogen-bond acceptors (Lipinski definition) is 3. The van der Waals surface area contributed by atoms with Crippen molar-refractivity contribution in [2.24, 2.45) is 5.10 Å². The lowest BCUT2D eigenvalue weighted by Gasteiger charge is -2.03. The number of hydrogen-bond donors (Lipinski definition) is 1. The summed E-state index contributed by atoms with van der Waals surface area (Å²) in [5, 5.41) is 3.90. The van der Waals surface area contributed by atoms with Gasteiger partial charge in [-0.3, -0.25) is 10.2 Å². The molecule has 0 saturated heterocycles. The maximum atomic E-state index is 10.9. The smallest absolute Gasteiger partial charge is 0.175 e. The van der Waals surface area contributed by atoms with Gasteiger partial charge in [0.15, 0.2) is 5.78 Å². The summed E-state index contributed by atoms with van der Waals surface area (Å²) in [6.45, 7) is 3.13. The molecule has 0 spiro atoms. The molecule has 0 radical (unpaired) electrons. The highest BCUT2D eigenvalue weighted by atomic mass is 32.1. The third-order valence-electron chi connectivity index (χ3n) is 2.07. The van der Waals surface area contributed by atoms with E-state index in [9.17, 15) is 4.79 Å². The van der Waals surface area contributed by atoms with Gasteiger partial charge < -0.3 is 0 Å². The van der Waals surface area contributed by atoms with Gasteiger partial charge in [0, 0.05) is 13.3 Å². The Morgan fingerprint density at radius 3 is 2.50 bits per heavy atom. The lowest BCUT2D eigenvalue weighted by Crippen LogP contribution is -2.20. The molecule has 0 amide bonds. The van der Waals surface area contributed by atoms with Gasteiger partial charge in [-0.2, -0.15) is 5.10 Å². The number of carbonyl (C=O) groups excluding carboxylic acids is 1. The summed E-state index contributed by atoms with van der Waals surface area (Å²) < 4.78 is 0. The Morgan fingerprint density at radius 2 is 1.94 bits per heavy atom. The number of Topliss-reactive ketones (excluding diaryl/α,β-unsaturated/α-hetero) is 1. The van der Waals surface area contributed by atoms with Crippen LogP contribution in [-0.2, 0) is 11.2 Å². The zero-order valence-corrected chi connectivity index (χ0v) is 10.2. The van der Waals surface area contributed by atoms with E-state index >= 15 is 0 Å². The van der Waals surface area contributed by atoms with Crippen molar-refractivity contribution in [2.75, 3.05) is 0 Å². The van der Waals surface area contributed by atoms with Crippen molar-refractivity contribution >= 4 is 28.7 Å². The van der Waals surface area contributed by atoms with Crippen molar-refractivity contribution in [3.8, 4) is 0 Å². The van der Waals surface area contributed by atoms with Crippen LogP contribution in [0.25, 0.3) is 0 Å². The molecular weight excluding hydrogens is 220 g/mol. The van der Waals surface area contributed by atoms with Crippen LogP contribution in [0.15, 0.2) is 35.4 Å². The fourth-order valence-corrected chi connectivity index (χ4v) is 1.26. The van der Waals surface area contributed by atoms with Gasteiger partial charge in [-0.15, -0.1) is 0 Å². The third-order valence-corrected chi connectivity index (χ3v) is 2.30. The molecule has 1 aromatic carbocycles. The monoisotopic (exact) mass is 234 g/mol. The van der Waals surface area contributed by atoms with E-state index in [0.717, 1.165) is 5.56 Å². The first-order valence-corrected chi connectivity index (χ1v) is 5.38. The normalized spacial score (nSPS) is 11.0. The predicted octanol–water partition coefficient (Wildman–Crippen LogP) is 2.11. The Labute approximate surface area is 101 Å². The molecule has 0 unspecified atom stereocenters. The molecule has 0 aliphatic rings. The van der Waals surface area contributed by atoms with E-state index in [0.29, 0.717) is 17.1 Å². The minimum atomic E-state index is -0.0602. The second-order valence-electron chi connectivity index (χ2n) is 3.45. The first-order valence-electron chi connectivity index (χ1n) is 4.97. The second-order valence-corrected chi connectivity index (χ2v) is 3.94. The lowest BCUT2D eigenvalue weighted by molar-refractivity contribution is -0.111. The van der Waals surface area contributed by atoms with Crippen LogP contribution in [0.5, 0.6) is 0 Å². The van der Waals surface area contributed by atoms with Gasteiger partial charge in [-0.1, -0.05) is 42.5 Å². The Hall–Kier alpha value is -1.55. The number of hydrazone groups is 1. The summed E-state index contributed by atoms with van der Waals surface area (Å²) in [5.41, 5.74) is 4.26. The van der Waals surface area contributed by atoms with E-state index in [-0.39, 0.29) is 5.78 Å². The van der Waals surface area contributed by atoms with Crippen molar-refractivity contribution in [2.45, 2.75) is 20.3 Å². The SMILES string of the molecule is CC(=O)/C(C)=N\NC(=S)Cc1ccccc1.